The molecule has 3 aliphatic heterocycles. The SMILES string of the molecule is CSc1cccc(NC(=O)[C@@H]2[C@@H]3C=C[C@]4(O3)[C@@H]2C(=O)N(Cc2ccc(F)cc2)[C@@H]4C(=O)NC2CCCCC2)c1. The van der Waals surface area contributed by atoms with Gasteiger partial charge in [0.2, 0.25) is 17.7 Å². The molecule has 0 radical (unpaired) electrons. The average Bonchev–Trinajstić information content (AvgIpc) is 3.58. The van der Waals surface area contributed by atoms with E-state index in [0.717, 1.165) is 37.0 Å². The molecule has 2 saturated heterocycles. The Hall–Kier alpha value is -3.17. The van der Waals surface area contributed by atoms with Crippen LogP contribution < -0.4 is 10.6 Å². The Morgan fingerprint density at radius 2 is 1.87 bits per heavy atom. The number of hydrogen-bond acceptors (Lipinski definition) is 5. The molecule has 2 bridgehead atoms. The van der Waals surface area contributed by atoms with Crippen LogP contribution in [0.25, 0.3) is 0 Å². The van der Waals surface area contributed by atoms with Gasteiger partial charge in [0.15, 0.2) is 0 Å². The Morgan fingerprint density at radius 1 is 1.10 bits per heavy atom. The molecule has 3 fully saturated rings. The van der Waals surface area contributed by atoms with E-state index in [0.29, 0.717) is 11.3 Å². The molecule has 2 aromatic rings. The number of rotatable bonds is 7. The van der Waals surface area contributed by atoms with E-state index in [-0.39, 0.29) is 36.1 Å². The molecule has 2 aromatic carbocycles. The van der Waals surface area contributed by atoms with Crippen LogP contribution in [0.15, 0.2) is 65.6 Å². The van der Waals surface area contributed by atoms with Crippen molar-refractivity contribution in [3.63, 3.8) is 0 Å². The number of likely N-dealkylation sites (tertiary alicyclic amines) is 1. The maximum Gasteiger partial charge on any atom is 0.246 e. The van der Waals surface area contributed by atoms with Gasteiger partial charge in [-0.1, -0.05) is 49.6 Å². The first-order valence-corrected chi connectivity index (χ1v) is 14.8. The van der Waals surface area contributed by atoms with E-state index in [2.05, 4.69) is 10.6 Å². The van der Waals surface area contributed by atoms with Crippen LogP contribution in [-0.4, -0.2) is 52.7 Å². The number of thioether (sulfide) groups is 1. The third kappa shape index (κ3) is 4.65. The van der Waals surface area contributed by atoms with Crippen LogP contribution >= 0.6 is 11.8 Å². The van der Waals surface area contributed by atoms with Gasteiger partial charge in [0.1, 0.15) is 17.5 Å². The average molecular weight is 550 g/mol. The van der Waals surface area contributed by atoms with Gasteiger partial charge in [0.05, 0.1) is 17.9 Å². The van der Waals surface area contributed by atoms with E-state index < -0.39 is 29.6 Å². The summed E-state index contributed by atoms with van der Waals surface area (Å²) < 4.78 is 20.0. The number of carbonyl (C=O) groups excluding carboxylic acids is 3. The summed E-state index contributed by atoms with van der Waals surface area (Å²) in [6.07, 6.45) is 10.1. The molecule has 39 heavy (non-hydrogen) atoms. The number of anilines is 1. The topological polar surface area (TPSA) is 87.7 Å². The van der Waals surface area contributed by atoms with Crippen LogP contribution in [-0.2, 0) is 25.7 Å². The quantitative estimate of drug-likeness (QED) is 0.398. The standard InChI is InChI=1S/C30H32FN3O4S/c1-39-22-9-5-8-21(16-22)33-27(35)24-23-14-15-30(38-23)25(24)29(37)34(17-18-10-12-19(31)13-11-18)26(30)28(36)32-20-6-3-2-4-7-20/h5,8-16,20,23-26H,2-4,6-7,17H2,1H3,(H,32,36)(H,33,35)/t23-,24+,25-,26+,30-/m0/s1. The summed E-state index contributed by atoms with van der Waals surface area (Å²) in [5.41, 5.74) is 0.113. The first-order valence-electron chi connectivity index (χ1n) is 13.6. The molecule has 0 aromatic heterocycles. The van der Waals surface area contributed by atoms with Crippen molar-refractivity contribution in [1.29, 1.82) is 0 Å². The molecule has 6 rings (SSSR count). The van der Waals surface area contributed by atoms with Crippen LogP contribution in [0.1, 0.15) is 37.7 Å². The smallest absolute Gasteiger partial charge is 0.246 e. The molecule has 5 atom stereocenters. The molecular weight excluding hydrogens is 517 g/mol. The Bertz CT molecular complexity index is 1310. The second kappa shape index (κ2) is 10.4. The molecular formula is C30H32FN3O4S. The summed E-state index contributed by atoms with van der Waals surface area (Å²) in [6, 6.07) is 12.6. The van der Waals surface area contributed by atoms with Gasteiger partial charge in [0.25, 0.3) is 0 Å². The number of halogens is 1. The van der Waals surface area contributed by atoms with Crippen LogP contribution in [0.2, 0.25) is 0 Å². The highest BCUT2D eigenvalue weighted by Gasteiger charge is 2.72. The van der Waals surface area contributed by atoms with Crippen molar-refractivity contribution in [2.45, 2.75) is 67.3 Å². The number of carbonyl (C=O) groups is 3. The highest BCUT2D eigenvalue weighted by atomic mass is 32.2. The van der Waals surface area contributed by atoms with E-state index in [4.69, 9.17) is 4.74 Å². The second-order valence-corrected chi connectivity index (χ2v) is 11.7. The number of benzene rings is 2. The zero-order chi connectivity index (χ0) is 27.1. The third-order valence-electron chi connectivity index (χ3n) is 8.48. The van der Waals surface area contributed by atoms with Gasteiger partial charge in [-0.15, -0.1) is 11.8 Å². The maximum absolute atomic E-state index is 14.1. The molecule has 1 aliphatic carbocycles. The summed E-state index contributed by atoms with van der Waals surface area (Å²) in [5.74, 6) is -2.85. The van der Waals surface area contributed by atoms with Gasteiger partial charge in [-0.3, -0.25) is 14.4 Å². The fourth-order valence-electron chi connectivity index (χ4n) is 6.68. The maximum atomic E-state index is 14.1. The minimum absolute atomic E-state index is 0.0508. The lowest BCUT2D eigenvalue weighted by atomic mass is 9.74. The summed E-state index contributed by atoms with van der Waals surface area (Å²) in [6.45, 7) is 0.117. The van der Waals surface area contributed by atoms with E-state index in [9.17, 15) is 18.8 Å². The fraction of sp³-hybridized carbons (Fsp3) is 0.433. The van der Waals surface area contributed by atoms with E-state index in [1.165, 1.54) is 17.0 Å². The van der Waals surface area contributed by atoms with Gasteiger partial charge < -0.3 is 20.3 Å². The second-order valence-electron chi connectivity index (χ2n) is 10.9. The summed E-state index contributed by atoms with van der Waals surface area (Å²) in [4.78, 5) is 44.2. The Kier molecular flexibility index (Phi) is 6.97. The van der Waals surface area contributed by atoms with Crippen LogP contribution in [0.4, 0.5) is 10.1 Å². The normalized spacial score (nSPS) is 29.5. The highest BCUT2D eigenvalue weighted by Crippen LogP contribution is 2.55. The molecule has 204 valence electrons. The molecule has 3 heterocycles. The predicted octanol–water partition coefficient (Wildman–Crippen LogP) is 4.29. The van der Waals surface area contributed by atoms with Crippen molar-refractivity contribution in [3.8, 4) is 0 Å². The van der Waals surface area contributed by atoms with Crippen molar-refractivity contribution in [2.24, 2.45) is 11.8 Å². The first-order chi connectivity index (χ1) is 18.9. The summed E-state index contributed by atoms with van der Waals surface area (Å²) in [7, 11) is 0. The van der Waals surface area contributed by atoms with Crippen molar-refractivity contribution >= 4 is 35.2 Å². The Morgan fingerprint density at radius 3 is 2.62 bits per heavy atom. The molecule has 0 unspecified atom stereocenters. The van der Waals surface area contributed by atoms with Crippen LogP contribution in [0, 0.1) is 17.7 Å². The molecule has 2 N–H and O–H groups in total. The minimum Gasteiger partial charge on any atom is -0.359 e. The molecule has 1 spiro atoms. The zero-order valence-electron chi connectivity index (χ0n) is 21.8. The number of fused-ring (bicyclic) bond motifs is 1. The molecule has 7 nitrogen and oxygen atoms in total. The minimum atomic E-state index is -1.23. The van der Waals surface area contributed by atoms with Gasteiger partial charge >= 0.3 is 0 Å². The number of nitrogens with one attached hydrogen (secondary N) is 2. The number of ether oxygens (including phenoxy) is 1. The molecule has 9 heteroatoms. The monoisotopic (exact) mass is 549 g/mol. The Labute approximate surface area is 231 Å². The van der Waals surface area contributed by atoms with Gasteiger partial charge in [-0.25, -0.2) is 4.39 Å². The lowest BCUT2D eigenvalue weighted by Gasteiger charge is -2.34. The van der Waals surface area contributed by atoms with Crippen molar-refractivity contribution in [2.75, 3.05) is 11.6 Å². The van der Waals surface area contributed by atoms with Gasteiger partial charge in [-0.05, 0) is 55.0 Å². The predicted molar refractivity (Wildman–Crippen MR) is 146 cm³/mol. The zero-order valence-corrected chi connectivity index (χ0v) is 22.6. The van der Waals surface area contributed by atoms with Crippen molar-refractivity contribution in [3.05, 3.63) is 72.1 Å². The van der Waals surface area contributed by atoms with Gasteiger partial charge in [-0.2, -0.15) is 0 Å². The van der Waals surface area contributed by atoms with Crippen molar-refractivity contribution in [1.82, 2.24) is 10.2 Å². The van der Waals surface area contributed by atoms with Crippen LogP contribution in [0.3, 0.4) is 0 Å². The van der Waals surface area contributed by atoms with E-state index in [1.807, 2.05) is 42.7 Å². The lowest BCUT2D eigenvalue weighted by Crippen LogP contribution is -2.56. The molecule has 3 amide bonds. The Balaban J connectivity index is 1.32. The lowest BCUT2D eigenvalue weighted by molar-refractivity contribution is -0.142. The largest absolute Gasteiger partial charge is 0.359 e. The first kappa shape index (κ1) is 26.1. The number of amides is 3. The van der Waals surface area contributed by atoms with E-state index >= 15 is 0 Å². The molecule has 4 aliphatic rings. The fourth-order valence-corrected chi connectivity index (χ4v) is 7.14. The van der Waals surface area contributed by atoms with Crippen LogP contribution in [0.5, 0.6) is 0 Å². The highest BCUT2D eigenvalue weighted by molar-refractivity contribution is 7.98. The third-order valence-corrected chi connectivity index (χ3v) is 9.21. The molecule has 1 saturated carbocycles. The van der Waals surface area contributed by atoms with Gasteiger partial charge in [0, 0.05) is 23.2 Å². The number of hydrogen-bond donors (Lipinski definition) is 2. The summed E-state index contributed by atoms with van der Waals surface area (Å²) in [5, 5.41) is 6.16. The number of nitrogens with zero attached hydrogens (tertiary/aromatic N) is 1. The van der Waals surface area contributed by atoms with E-state index in [1.54, 1.807) is 23.9 Å². The van der Waals surface area contributed by atoms with Crippen molar-refractivity contribution < 1.29 is 23.5 Å². The summed E-state index contributed by atoms with van der Waals surface area (Å²) >= 11 is 1.57.